The Balaban J connectivity index is 3.10. The average Bonchev–Trinajstić information content (AvgIpc) is 1.99. The predicted octanol–water partition coefficient (Wildman–Crippen LogP) is 2.89. The Hall–Kier alpha value is -0.300. The zero-order chi connectivity index (χ0) is 8.53. The first-order valence-corrected chi connectivity index (χ1v) is 4.62. The molecule has 0 aromatic heterocycles. The molecule has 0 saturated heterocycles. The van der Waals surface area contributed by atoms with Gasteiger partial charge in [0.2, 0.25) is 0 Å². The van der Waals surface area contributed by atoms with E-state index in [-0.39, 0.29) is 6.10 Å². The van der Waals surface area contributed by atoms with E-state index >= 15 is 0 Å². The van der Waals surface area contributed by atoms with Gasteiger partial charge in [0.1, 0.15) is 0 Å². The molecule has 1 unspecified atom stereocenters. The largest absolute Gasteiger partial charge is 0.389 e. The fourth-order valence-corrected chi connectivity index (χ4v) is 1.10. The molecule has 0 amide bonds. The quantitative estimate of drug-likeness (QED) is 0.463. The van der Waals surface area contributed by atoms with Crippen molar-refractivity contribution in [1.82, 2.24) is 0 Å². The number of hydrogen-bond acceptors (Lipinski definition) is 1. The third kappa shape index (κ3) is 7.60. The van der Waals surface area contributed by atoms with Crippen LogP contribution in [0.5, 0.6) is 0 Å². The van der Waals surface area contributed by atoms with Crippen molar-refractivity contribution >= 4 is 0 Å². The highest BCUT2D eigenvalue weighted by Crippen LogP contribution is 2.05. The summed E-state index contributed by atoms with van der Waals surface area (Å²) in [4.78, 5) is 0. The molecule has 0 aliphatic heterocycles. The van der Waals surface area contributed by atoms with Crippen molar-refractivity contribution in [2.75, 3.05) is 0 Å². The number of aliphatic hydroxyl groups excluding tert-OH is 1. The summed E-state index contributed by atoms with van der Waals surface area (Å²) in [5.41, 5.74) is 0. The van der Waals surface area contributed by atoms with Crippen molar-refractivity contribution in [2.45, 2.75) is 52.1 Å². The van der Waals surface area contributed by atoms with Crippen LogP contribution >= 0.6 is 0 Å². The fraction of sp³-hybridized carbons (Fsp3) is 0.800. The number of hydrogen-bond donors (Lipinski definition) is 1. The second-order valence-electron chi connectivity index (χ2n) is 2.94. The fourth-order valence-electron chi connectivity index (χ4n) is 1.10. The lowest BCUT2D eigenvalue weighted by atomic mass is 10.1. The van der Waals surface area contributed by atoms with Crippen molar-refractivity contribution in [1.29, 1.82) is 0 Å². The molecule has 1 heteroatoms. The molecule has 0 spiro atoms. The van der Waals surface area contributed by atoms with E-state index in [2.05, 4.69) is 6.92 Å². The van der Waals surface area contributed by atoms with Crippen LogP contribution in [0.4, 0.5) is 0 Å². The highest BCUT2D eigenvalue weighted by molar-refractivity contribution is 4.84. The first-order valence-electron chi connectivity index (χ1n) is 4.62. The van der Waals surface area contributed by atoms with Crippen LogP contribution in [0.1, 0.15) is 46.0 Å². The van der Waals surface area contributed by atoms with Gasteiger partial charge in [-0.3, -0.25) is 0 Å². The summed E-state index contributed by atoms with van der Waals surface area (Å²) in [6.07, 6.45) is 9.44. The average molecular weight is 156 g/mol. The maximum atomic E-state index is 9.26. The molecular weight excluding hydrogens is 136 g/mol. The third-order valence-corrected chi connectivity index (χ3v) is 1.77. The van der Waals surface area contributed by atoms with Gasteiger partial charge in [0.15, 0.2) is 0 Å². The van der Waals surface area contributed by atoms with Gasteiger partial charge in [-0.15, -0.1) is 0 Å². The van der Waals surface area contributed by atoms with E-state index < -0.39 is 0 Å². The van der Waals surface area contributed by atoms with Crippen molar-refractivity contribution in [3.05, 3.63) is 12.2 Å². The molecular formula is C10H20O. The molecule has 0 bridgehead atoms. The second kappa shape index (κ2) is 7.80. The first kappa shape index (κ1) is 10.7. The van der Waals surface area contributed by atoms with Crippen LogP contribution in [0.3, 0.4) is 0 Å². The van der Waals surface area contributed by atoms with Gasteiger partial charge in [-0.2, -0.15) is 0 Å². The van der Waals surface area contributed by atoms with Gasteiger partial charge in [-0.25, -0.2) is 0 Å². The normalized spacial score (nSPS) is 14.1. The molecule has 0 aromatic rings. The van der Waals surface area contributed by atoms with Crippen LogP contribution in [-0.2, 0) is 0 Å². The third-order valence-electron chi connectivity index (χ3n) is 1.77. The molecule has 0 radical (unpaired) electrons. The molecule has 11 heavy (non-hydrogen) atoms. The van der Waals surface area contributed by atoms with E-state index in [0.717, 1.165) is 12.8 Å². The zero-order valence-electron chi connectivity index (χ0n) is 7.71. The van der Waals surface area contributed by atoms with E-state index in [1.165, 1.54) is 19.3 Å². The molecule has 0 aliphatic rings. The lowest BCUT2D eigenvalue weighted by Crippen LogP contribution is -2.00. The SMILES string of the molecule is C/C=C/C(O)CCCCCC. The molecule has 1 N–H and O–H groups in total. The predicted molar refractivity (Wildman–Crippen MR) is 49.6 cm³/mol. The van der Waals surface area contributed by atoms with Gasteiger partial charge in [-0.05, 0) is 13.3 Å². The Labute approximate surface area is 70.1 Å². The van der Waals surface area contributed by atoms with Crippen LogP contribution in [0.25, 0.3) is 0 Å². The summed E-state index contributed by atoms with van der Waals surface area (Å²) in [5.74, 6) is 0. The summed E-state index contributed by atoms with van der Waals surface area (Å²) >= 11 is 0. The van der Waals surface area contributed by atoms with Crippen molar-refractivity contribution < 1.29 is 5.11 Å². The lowest BCUT2D eigenvalue weighted by molar-refractivity contribution is 0.208. The molecule has 0 aromatic carbocycles. The summed E-state index contributed by atoms with van der Waals surface area (Å²) in [5, 5.41) is 9.26. The molecule has 0 rings (SSSR count). The molecule has 0 aliphatic carbocycles. The van der Waals surface area contributed by atoms with Gasteiger partial charge in [0.05, 0.1) is 6.10 Å². The minimum atomic E-state index is -0.211. The van der Waals surface area contributed by atoms with Crippen LogP contribution in [0.2, 0.25) is 0 Å². The smallest absolute Gasteiger partial charge is 0.0720 e. The Morgan fingerprint density at radius 1 is 1.27 bits per heavy atom. The van der Waals surface area contributed by atoms with Crippen LogP contribution in [-0.4, -0.2) is 11.2 Å². The topological polar surface area (TPSA) is 20.2 Å². The number of aliphatic hydroxyl groups is 1. The van der Waals surface area contributed by atoms with Gasteiger partial charge in [0, 0.05) is 0 Å². The summed E-state index contributed by atoms with van der Waals surface area (Å²) in [6.45, 7) is 4.14. The van der Waals surface area contributed by atoms with Gasteiger partial charge in [0.25, 0.3) is 0 Å². The Morgan fingerprint density at radius 2 is 2.00 bits per heavy atom. The van der Waals surface area contributed by atoms with E-state index in [9.17, 15) is 5.11 Å². The van der Waals surface area contributed by atoms with Gasteiger partial charge < -0.3 is 5.11 Å². The monoisotopic (exact) mass is 156 g/mol. The first-order chi connectivity index (χ1) is 5.31. The van der Waals surface area contributed by atoms with Gasteiger partial charge >= 0.3 is 0 Å². The molecule has 0 fully saturated rings. The molecule has 1 nitrogen and oxygen atoms in total. The number of allylic oxidation sites excluding steroid dienone is 1. The zero-order valence-corrected chi connectivity index (χ0v) is 7.71. The van der Waals surface area contributed by atoms with E-state index in [1.54, 1.807) is 0 Å². The van der Waals surface area contributed by atoms with Crippen LogP contribution in [0, 0.1) is 0 Å². The summed E-state index contributed by atoms with van der Waals surface area (Å²) in [6, 6.07) is 0. The molecule has 0 saturated carbocycles. The van der Waals surface area contributed by atoms with E-state index in [4.69, 9.17) is 0 Å². The highest BCUT2D eigenvalue weighted by atomic mass is 16.3. The minimum absolute atomic E-state index is 0.211. The van der Waals surface area contributed by atoms with Crippen molar-refractivity contribution in [3.63, 3.8) is 0 Å². The molecule has 0 heterocycles. The summed E-state index contributed by atoms with van der Waals surface area (Å²) in [7, 11) is 0. The Morgan fingerprint density at radius 3 is 2.55 bits per heavy atom. The maximum Gasteiger partial charge on any atom is 0.0720 e. The Kier molecular flexibility index (Phi) is 7.59. The van der Waals surface area contributed by atoms with Crippen molar-refractivity contribution in [3.8, 4) is 0 Å². The van der Waals surface area contributed by atoms with Crippen molar-refractivity contribution in [2.24, 2.45) is 0 Å². The van der Waals surface area contributed by atoms with E-state index in [1.807, 2.05) is 19.1 Å². The molecule has 1 atom stereocenters. The second-order valence-corrected chi connectivity index (χ2v) is 2.94. The summed E-state index contributed by atoms with van der Waals surface area (Å²) < 4.78 is 0. The number of unbranched alkanes of at least 4 members (excludes halogenated alkanes) is 3. The van der Waals surface area contributed by atoms with E-state index in [0.29, 0.717) is 0 Å². The Bertz CT molecular complexity index is 97.0. The molecule has 66 valence electrons. The van der Waals surface area contributed by atoms with Crippen LogP contribution in [0.15, 0.2) is 12.2 Å². The number of rotatable bonds is 6. The van der Waals surface area contributed by atoms with Gasteiger partial charge in [-0.1, -0.05) is 44.8 Å². The minimum Gasteiger partial charge on any atom is -0.389 e. The van der Waals surface area contributed by atoms with Crippen LogP contribution < -0.4 is 0 Å². The standard InChI is InChI=1S/C10H20O/c1-3-5-6-7-9-10(11)8-4-2/h4,8,10-11H,3,5-7,9H2,1-2H3/b8-4+. The highest BCUT2D eigenvalue weighted by Gasteiger charge is 1.96. The maximum absolute atomic E-state index is 9.26. The lowest BCUT2D eigenvalue weighted by Gasteiger charge is -2.03.